The highest BCUT2D eigenvalue weighted by Gasteiger charge is 2.48. The second-order valence-electron chi connectivity index (χ2n) is 8.89. The molecule has 7 nitrogen and oxygen atoms in total. The van der Waals surface area contributed by atoms with Crippen molar-refractivity contribution in [3.63, 3.8) is 0 Å². The first-order valence-electron chi connectivity index (χ1n) is 11.0. The Bertz CT molecular complexity index is 686. The number of carbonyl (C=O) groups excluding carboxylic acids is 1. The highest BCUT2D eigenvalue weighted by molar-refractivity contribution is 5.81. The van der Waals surface area contributed by atoms with Crippen molar-refractivity contribution in [2.24, 2.45) is 5.92 Å². The van der Waals surface area contributed by atoms with Crippen LogP contribution in [-0.2, 0) is 26.4 Å². The third-order valence-corrected chi connectivity index (χ3v) is 7.07. The Labute approximate surface area is 167 Å². The monoisotopic (exact) mass is 388 g/mol. The standard InChI is InChI=1S/C21H32N4O3/c26-19(24-8-1-2-9-24)18-16-25-12-7-22-20(25)21(28-18)5-10-23(11-6-21)15-17-3-13-27-14-4-17/h7,12,17-18H,1-6,8-11,13-16H2/t18-/m1/s1. The van der Waals surface area contributed by atoms with Crippen LogP contribution >= 0.6 is 0 Å². The minimum Gasteiger partial charge on any atom is -0.381 e. The van der Waals surface area contributed by atoms with E-state index in [1.807, 2.05) is 17.3 Å². The van der Waals surface area contributed by atoms with Crippen LogP contribution in [0.5, 0.6) is 0 Å². The van der Waals surface area contributed by atoms with Crippen molar-refractivity contribution in [1.82, 2.24) is 19.4 Å². The lowest BCUT2D eigenvalue weighted by molar-refractivity contribution is -0.180. The number of rotatable bonds is 3. The molecule has 0 bridgehead atoms. The third kappa shape index (κ3) is 3.48. The van der Waals surface area contributed by atoms with E-state index in [0.717, 1.165) is 83.4 Å². The van der Waals surface area contributed by atoms with Crippen LogP contribution in [0.4, 0.5) is 0 Å². The molecule has 0 aliphatic carbocycles. The molecule has 5 rings (SSSR count). The number of carbonyl (C=O) groups is 1. The van der Waals surface area contributed by atoms with E-state index in [1.165, 1.54) is 12.8 Å². The van der Waals surface area contributed by atoms with Gasteiger partial charge in [0, 0.05) is 58.3 Å². The maximum absolute atomic E-state index is 13.0. The molecule has 0 unspecified atom stereocenters. The molecule has 3 fully saturated rings. The number of fused-ring (bicyclic) bond motifs is 2. The van der Waals surface area contributed by atoms with Gasteiger partial charge in [0.1, 0.15) is 11.4 Å². The summed E-state index contributed by atoms with van der Waals surface area (Å²) in [5.74, 6) is 1.94. The average molecular weight is 389 g/mol. The van der Waals surface area contributed by atoms with E-state index in [-0.39, 0.29) is 12.0 Å². The Morgan fingerprint density at radius 2 is 1.89 bits per heavy atom. The molecular weight excluding hydrogens is 356 g/mol. The lowest BCUT2D eigenvalue weighted by atomic mass is 9.87. The Balaban J connectivity index is 1.28. The second kappa shape index (κ2) is 7.76. The summed E-state index contributed by atoms with van der Waals surface area (Å²) in [4.78, 5) is 22.2. The van der Waals surface area contributed by atoms with Crippen LogP contribution < -0.4 is 0 Å². The van der Waals surface area contributed by atoms with Crippen molar-refractivity contribution >= 4 is 5.91 Å². The van der Waals surface area contributed by atoms with Gasteiger partial charge in [0.2, 0.25) is 0 Å². The summed E-state index contributed by atoms with van der Waals surface area (Å²) < 4.78 is 14.3. The van der Waals surface area contributed by atoms with Crippen molar-refractivity contribution in [1.29, 1.82) is 0 Å². The van der Waals surface area contributed by atoms with Crippen LogP contribution in [0.15, 0.2) is 12.4 Å². The molecule has 4 aliphatic rings. The van der Waals surface area contributed by atoms with Crippen LogP contribution in [0.25, 0.3) is 0 Å². The summed E-state index contributed by atoms with van der Waals surface area (Å²) in [6, 6.07) is 0. The van der Waals surface area contributed by atoms with Gasteiger partial charge in [0.05, 0.1) is 6.54 Å². The van der Waals surface area contributed by atoms with Gasteiger partial charge in [-0.3, -0.25) is 4.79 Å². The number of imidazole rings is 1. The zero-order chi connectivity index (χ0) is 19.0. The number of hydrogen-bond donors (Lipinski definition) is 0. The highest BCUT2D eigenvalue weighted by Crippen LogP contribution is 2.40. The SMILES string of the molecule is O=C([C@H]1Cn2ccnc2C2(CCN(CC3CCOCC3)CC2)O1)N1CCCC1. The van der Waals surface area contributed by atoms with Crippen molar-refractivity contribution in [3.8, 4) is 0 Å². The molecule has 7 heteroatoms. The van der Waals surface area contributed by atoms with Crippen molar-refractivity contribution in [2.45, 2.75) is 56.8 Å². The first-order chi connectivity index (χ1) is 13.7. The topological polar surface area (TPSA) is 59.8 Å². The zero-order valence-electron chi connectivity index (χ0n) is 16.7. The molecule has 1 atom stereocenters. The quantitative estimate of drug-likeness (QED) is 0.788. The lowest BCUT2D eigenvalue weighted by Gasteiger charge is -2.46. The minimum atomic E-state index is -0.409. The summed E-state index contributed by atoms with van der Waals surface area (Å²) >= 11 is 0. The third-order valence-electron chi connectivity index (χ3n) is 7.07. The van der Waals surface area contributed by atoms with Gasteiger partial charge in [-0.2, -0.15) is 0 Å². The van der Waals surface area contributed by atoms with E-state index in [9.17, 15) is 4.79 Å². The normalized spacial score (nSPS) is 28.6. The number of hydrogen-bond acceptors (Lipinski definition) is 5. The molecule has 1 aromatic rings. The molecule has 1 spiro atoms. The van der Waals surface area contributed by atoms with Crippen LogP contribution in [0.1, 0.15) is 44.3 Å². The fourth-order valence-electron chi connectivity index (χ4n) is 5.40. The number of nitrogens with zero attached hydrogens (tertiary/aromatic N) is 4. The fourth-order valence-corrected chi connectivity index (χ4v) is 5.40. The molecule has 0 saturated carbocycles. The van der Waals surface area contributed by atoms with Crippen molar-refractivity contribution in [3.05, 3.63) is 18.2 Å². The summed E-state index contributed by atoms with van der Waals surface area (Å²) in [5, 5.41) is 0. The predicted molar refractivity (Wildman–Crippen MR) is 104 cm³/mol. The Hall–Kier alpha value is -1.44. The Morgan fingerprint density at radius 1 is 1.14 bits per heavy atom. The van der Waals surface area contributed by atoms with Crippen LogP contribution in [0, 0.1) is 5.92 Å². The Kier molecular flexibility index (Phi) is 5.15. The largest absolute Gasteiger partial charge is 0.381 e. The molecule has 1 aromatic heterocycles. The van der Waals surface area contributed by atoms with E-state index in [2.05, 4.69) is 14.5 Å². The summed E-state index contributed by atoms with van der Waals surface area (Å²) in [5.41, 5.74) is -0.409. The average Bonchev–Trinajstić information content (AvgIpc) is 3.42. The molecule has 28 heavy (non-hydrogen) atoms. The minimum absolute atomic E-state index is 0.167. The molecule has 0 aromatic carbocycles. The molecule has 0 N–H and O–H groups in total. The number of ether oxygens (including phenoxy) is 2. The smallest absolute Gasteiger partial charge is 0.253 e. The summed E-state index contributed by atoms with van der Waals surface area (Å²) in [6.07, 6.45) is 9.90. The van der Waals surface area contributed by atoms with E-state index < -0.39 is 5.60 Å². The molecule has 4 aliphatic heterocycles. The van der Waals surface area contributed by atoms with Gasteiger partial charge in [-0.25, -0.2) is 4.98 Å². The highest BCUT2D eigenvalue weighted by atomic mass is 16.5. The summed E-state index contributed by atoms with van der Waals surface area (Å²) in [7, 11) is 0. The van der Waals surface area contributed by atoms with Gasteiger partial charge in [-0.1, -0.05) is 0 Å². The number of amides is 1. The van der Waals surface area contributed by atoms with Crippen molar-refractivity contribution < 1.29 is 14.3 Å². The van der Waals surface area contributed by atoms with Gasteiger partial charge < -0.3 is 23.8 Å². The number of aromatic nitrogens is 2. The van der Waals surface area contributed by atoms with E-state index >= 15 is 0 Å². The van der Waals surface area contributed by atoms with E-state index in [1.54, 1.807) is 0 Å². The van der Waals surface area contributed by atoms with Crippen LogP contribution in [0.3, 0.4) is 0 Å². The molecule has 3 saturated heterocycles. The molecular formula is C21H32N4O3. The first kappa shape index (κ1) is 18.6. The second-order valence-corrected chi connectivity index (χ2v) is 8.89. The zero-order valence-corrected chi connectivity index (χ0v) is 16.7. The van der Waals surface area contributed by atoms with Crippen LogP contribution in [0.2, 0.25) is 0 Å². The number of piperidine rings is 1. The van der Waals surface area contributed by atoms with Gasteiger partial charge >= 0.3 is 0 Å². The van der Waals surface area contributed by atoms with Crippen LogP contribution in [-0.4, -0.2) is 77.3 Å². The van der Waals surface area contributed by atoms with E-state index in [0.29, 0.717) is 6.54 Å². The maximum Gasteiger partial charge on any atom is 0.253 e. The molecule has 0 radical (unpaired) electrons. The van der Waals surface area contributed by atoms with Gasteiger partial charge in [0.25, 0.3) is 5.91 Å². The fraction of sp³-hybridized carbons (Fsp3) is 0.810. The van der Waals surface area contributed by atoms with Gasteiger partial charge in [-0.15, -0.1) is 0 Å². The van der Waals surface area contributed by atoms with Gasteiger partial charge in [-0.05, 0) is 44.4 Å². The first-order valence-corrected chi connectivity index (χ1v) is 11.0. The van der Waals surface area contributed by atoms with Gasteiger partial charge in [0.15, 0.2) is 6.10 Å². The lowest BCUT2D eigenvalue weighted by Crippen LogP contribution is -2.54. The molecule has 5 heterocycles. The van der Waals surface area contributed by atoms with E-state index in [4.69, 9.17) is 9.47 Å². The Morgan fingerprint density at radius 3 is 2.64 bits per heavy atom. The van der Waals surface area contributed by atoms with Crippen molar-refractivity contribution in [2.75, 3.05) is 45.9 Å². The predicted octanol–water partition coefficient (Wildman–Crippen LogP) is 1.62. The maximum atomic E-state index is 13.0. The molecule has 154 valence electrons. The summed E-state index contributed by atoms with van der Waals surface area (Å²) in [6.45, 7) is 7.33. The molecule has 1 amide bonds. The number of likely N-dealkylation sites (tertiary alicyclic amines) is 2.